The van der Waals surface area contributed by atoms with Gasteiger partial charge in [0.1, 0.15) is 24.6 Å². The van der Waals surface area contributed by atoms with Crippen molar-refractivity contribution >= 4 is 23.4 Å². The van der Waals surface area contributed by atoms with E-state index in [1.54, 1.807) is 23.1 Å². The minimum absolute atomic E-state index is 0.157. The Morgan fingerprint density at radius 1 is 1.39 bits per heavy atom. The first-order valence-electron chi connectivity index (χ1n) is 9.12. The van der Waals surface area contributed by atoms with Gasteiger partial charge in [0, 0.05) is 20.0 Å². The van der Waals surface area contributed by atoms with Crippen LogP contribution in [0.3, 0.4) is 0 Å². The molecule has 1 N–H and O–H groups in total. The highest BCUT2D eigenvalue weighted by Crippen LogP contribution is 2.31. The minimum Gasteiger partial charge on any atom is -0.442 e. The lowest BCUT2D eigenvalue weighted by molar-refractivity contribution is -0.119. The van der Waals surface area contributed by atoms with Crippen LogP contribution >= 0.6 is 0 Å². The summed E-state index contributed by atoms with van der Waals surface area (Å²) in [4.78, 5) is 30.4. The van der Waals surface area contributed by atoms with Crippen LogP contribution in [0.1, 0.15) is 19.4 Å². The molecule has 2 amide bonds. The third-order valence-electron chi connectivity index (χ3n) is 5.01. The number of nitrogens with one attached hydrogen (secondary N) is 1. The van der Waals surface area contributed by atoms with Crippen molar-refractivity contribution in [1.82, 2.24) is 20.1 Å². The number of anilines is 2. The van der Waals surface area contributed by atoms with Crippen LogP contribution in [0.25, 0.3) is 0 Å². The zero-order chi connectivity index (χ0) is 19.7. The highest BCUT2D eigenvalue weighted by Gasteiger charge is 2.33. The van der Waals surface area contributed by atoms with Gasteiger partial charge in [-0.15, -0.1) is 0 Å². The van der Waals surface area contributed by atoms with Gasteiger partial charge in [-0.05, 0) is 24.6 Å². The van der Waals surface area contributed by atoms with E-state index in [9.17, 15) is 14.0 Å². The third-order valence-corrected chi connectivity index (χ3v) is 5.01. The Morgan fingerprint density at radius 3 is 2.96 bits per heavy atom. The molecule has 2 aromatic rings. The van der Waals surface area contributed by atoms with E-state index in [0.717, 1.165) is 6.42 Å². The van der Waals surface area contributed by atoms with Gasteiger partial charge in [-0.1, -0.05) is 0 Å². The summed E-state index contributed by atoms with van der Waals surface area (Å²) in [5.74, 6) is -0.588. The molecule has 1 aromatic heterocycles. The summed E-state index contributed by atoms with van der Waals surface area (Å²) in [6.45, 7) is 3.25. The van der Waals surface area contributed by atoms with Crippen molar-refractivity contribution in [3.63, 3.8) is 0 Å². The summed E-state index contributed by atoms with van der Waals surface area (Å²) in [5, 5.41) is 6.78. The number of hydrogen-bond donors (Lipinski definition) is 1. The predicted octanol–water partition coefficient (Wildman–Crippen LogP) is 1.33. The molecule has 28 heavy (non-hydrogen) atoms. The molecule has 0 unspecified atom stereocenters. The number of amides is 2. The Morgan fingerprint density at radius 2 is 2.25 bits per heavy atom. The van der Waals surface area contributed by atoms with Gasteiger partial charge in [-0.25, -0.2) is 18.9 Å². The van der Waals surface area contributed by atoms with Gasteiger partial charge in [-0.2, -0.15) is 5.10 Å². The van der Waals surface area contributed by atoms with Crippen LogP contribution in [0.15, 0.2) is 30.9 Å². The lowest BCUT2D eigenvalue weighted by atomic mass is 10.2. The molecule has 4 rings (SSSR count). The first kappa shape index (κ1) is 18.2. The zero-order valence-electron chi connectivity index (χ0n) is 15.4. The Kier molecular flexibility index (Phi) is 4.84. The fourth-order valence-electron chi connectivity index (χ4n) is 3.60. The highest BCUT2D eigenvalue weighted by molar-refractivity contribution is 5.90. The number of aromatic nitrogens is 3. The van der Waals surface area contributed by atoms with Gasteiger partial charge in [0.05, 0.1) is 30.5 Å². The number of cyclic esters (lactones) is 1. The molecule has 0 spiro atoms. The molecule has 2 saturated heterocycles. The van der Waals surface area contributed by atoms with E-state index in [-0.39, 0.29) is 25.0 Å². The molecular weight excluding hydrogens is 367 g/mol. The molecule has 1 aromatic carbocycles. The second-order valence-corrected chi connectivity index (χ2v) is 6.95. The molecule has 2 atom stereocenters. The summed E-state index contributed by atoms with van der Waals surface area (Å²) >= 11 is 0. The topological polar surface area (TPSA) is 92.6 Å². The van der Waals surface area contributed by atoms with E-state index in [2.05, 4.69) is 15.4 Å². The molecule has 10 heteroatoms. The lowest BCUT2D eigenvalue weighted by Crippen LogP contribution is -2.33. The molecule has 0 saturated carbocycles. The molecule has 9 nitrogen and oxygen atoms in total. The van der Waals surface area contributed by atoms with E-state index >= 15 is 0 Å². The molecule has 2 aliphatic rings. The maximum atomic E-state index is 14.8. The summed E-state index contributed by atoms with van der Waals surface area (Å²) in [6.07, 6.45) is 3.01. The van der Waals surface area contributed by atoms with Gasteiger partial charge >= 0.3 is 6.09 Å². The average molecular weight is 388 g/mol. The molecule has 2 fully saturated rings. The second kappa shape index (κ2) is 7.45. The normalized spacial score (nSPS) is 21.9. The fourth-order valence-corrected chi connectivity index (χ4v) is 3.60. The Balaban J connectivity index is 1.43. The average Bonchev–Trinajstić information content (AvgIpc) is 3.40. The number of ether oxygens (including phenoxy) is 1. The molecule has 0 radical (unpaired) electrons. The first-order valence-corrected chi connectivity index (χ1v) is 9.12. The van der Waals surface area contributed by atoms with Gasteiger partial charge in [0.15, 0.2) is 0 Å². The van der Waals surface area contributed by atoms with Crippen molar-refractivity contribution in [3.8, 4) is 0 Å². The van der Waals surface area contributed by atoms with Crippen molar-refractivity contribution in [2.45, 2.75) is 25.5 Å². The van der Waals surface area contributed by atoms with Crippen molar-refractivity contribution in [1.29, 1.82) is 0 Å². The van der Waals surface area contributed by atoms with Gasteiger partial charge in [-0.3, -0.25) is 9.69 Å². The maximum absolute atomic E-state index is 14.8. The number of carbonyl (C=O) groups is 2. The second-order valence-electron chi connectivity index (χ2n) is 6.95. The molecule has 3 heterocycles. The number of carbonyl (C=O) groups excluding carboxylic acids is 2. The monoisotopic (exact) mass is 388 g/mol. The molecular formula is C18H21FN6O3. The van der Waals surface area contributed by atoms with Crippen molar-refractivity contribution in [2.75, 3.05) is 36.0 Å². The van der Waals surface area contributed by atoms with E-state index in [0.29, 0.717) is 24.5 Å². The number of benzene rings is 1. The molecule has 148 valence electrons. The van der Waals surface area contributed by atoms with Crippen LogP contribution in [0.5, 0.6) is 0 Å². The molecule has 2 aliphatic heterocycles. The molecule has 0 bridgehead atoms. The van der Waals surface area contributed by atoms with Crippen molar-refractivity contribution < 1.29 is 18.7 Å². The van der Waals surface area contributed by atoms with Crippen molar-refractivity contribution in [2.24, 2.45) is 0 Å². The summed E-state index contributed by atoms with van der Waals surface area (Å²) < 4.78 is 21.8. The van der Waals surface area contributed by atoms with E-state index in [1.165, 1.54) is 24.2 Å². The van der Waals surface area contributed by atoms with Crippen LogP contribution < -0.4 is 15.1 Å². The standard InChI is InChI=1S/C18H21FN6O3/c1-12(26)21-7-15-9-24(18(27)28-15)13-2-3-17(16(19)6-13)23-5-4-14(8-23)25-11-20-10-22-25/h2-3,6,10-11,14-15H,4-5,7-9H2,1H3,(H,21,26)/t14-,15+/m1/s1. The number of halogens is 1. The number of rotatable bonds is 5. The van der Waals surface area contributed by atoms with Gasteiger partial charge < -0.3 is 15.0 Å². The smallest absolute Gasteiger partial charge is 0.414 e. The van der Waals surface area contributed by atoms with Crippen LogP contribution in [-0.2, 0) is 9.53 Å². The largest absolute Gasteiger partial charge is 0.442 e. The van der Waals surface area contributed by atoms with Crippen LogP contribution in [0.4, 0.5) is 20.6 Å². The van der Waals surface area contributed by atoms with Crippen LogP contribution in [0, 0.1) is 5.82 Å². The maximum Gasteiger partial charge on any atom is 0.414 e. The van der Waals surface area contributed by atoms with Crippen LogP contribution in [0.2, 0.25) is 0 Å². The highest BCUT2D eigenvalue weighted by atomic mass is 19.1. The minimum atomic E-state index is -0.546. The van der Waals surface area contributed by atoms with Gasteiger partial charge in [0.25, 0.3) is 0 Å². The molecule has 0 aliphatic carbocycles. The summed E-state index contributed by atoms with van der Waals surface area (Å²) in [5.41, 5.74) is 0.928. The number of hydrogen-bond acceptors (Lipinski definition) is 6. The Hall–Kier alpha value is -3.17. The van der Waals surface area contributed by atoms with E-state index in [4.69, 9.17) is 4.74 Å². The predicted molar refractivity (Wildman–Crippen MR) is 98.6 cm³/mol. The summed E-state index contributed by atoms with van der Waals surface area (Å²) in [7, 11) is 0. The first-order chi connectivity index (χ1) is 13.5. The SMILES string of the molecule is CC(=O)NC[C@H]1CN(c2ccc(N3CC[C@@H](n4cncn4)C3)c(F)c2)C(=O)O1. The fraction of sp³-hybridized carbons (Fsp3) is 0.444. The number of nitrogens with zero attached hydrogens (tertiary/aromatic N) is 5. The zero-order valence-corrected chi connectivity index (χ0v) is 15.4. The Bertz CT molecular complexity index is 874. The lowest BCUT2D eigenvalue weighted by Gasteiger charge is -2.21. The van der Waals surface area contributed by atoms with Crippen LogP contribution in [-0.4, -0.2) is 59.0 Å². The van der Waals surface area contributed by atoms with Gasteiger partial charge in [0.2, 0.25) is 5.91 Å². The summed E-state index contributed by atoms with van der Waals surface area (Å²) in [6, 6.07) is 4.90. The van der Waals surface area contributed by atoms with E-state index in [1.807, 2.05) is 4.90 Å². The van der Waals surface area contributed by atoms with E-state index < -0.39 is 18.0 Å². The quantitative estimate of drug-likeness (QED) is 0.831. The third kappa shape index (κ3) is 3.62. The van der Waals surface area contributed by atoms with Crippen molar-refractivity contribution in [3.05, 3.63) is 36.7 Å². The Labute approximate surface area is 161 Å².